The molecule has 0 atom stereocenters. The molecule has 0 radical (unpaired) electrons. The van der Waals surface area contributed by atoms with Crippen molar-refractivity contribution in [3.63, 3.8) is 0 Å². The van der Waals surface area contributed by atoms with Gasteiger partial charge in [0.25, 0.3) is 0 Å². The normalized spacial score (nSPS) is 12.9. The van der Waals surface area contributed by atoms with E-state index in [1.165, 1.54) is 11.4 Å². The van der Waals surface area contributed by atoms with Gasteiger partial charge in [0, 0.05) is 25.1 Å². The van der Waals surface area contributed by atoms with E-state index in [-0.39, 0.29) is 24.8 Å². The van der Waals surface area contributed by atoms with Gasteiger partial charge in [-0.25, -0.2) is 4.98 Å². The number of H-pyrrole nitrogens is 1. The molecule has 2 N–H and O–H groups in total. The maximum absolute atomic E-state index is 5.15. The molecule has 1 aliphatic rings. The van der Waals surface area contributed by atoms with Gasteiger partial charge < -0.3 is 15.0 Å². The van der Waals surface area contributed by atoms with Crippen LogP contribution in [0.25, 0.3) is 11.4 Å². The van der Waals surface area contributed by atoms with Gasteiger partial charge in [-0.1, -0.05) is 0 Å². The molecule has 0 saturated carbocycles. The van der Waals surface area contributed by atoms with Gasteiger partial charge in [0.05, 0.1) is 18.5 Å². The molecule has 0 spiro atoms. The molecule has 2 heterocycles. The molecule has 1 aliphatic heterocycles. The standard InChI is InChI=1S/C13H15N3O.2ClH/c1-17-10-4-2-9(3-5-10)13-15-11-6-7-14-8-12(11)16-13;;/h2-5,14H,6-8H2,1H3,(H,15,16);2*1H. The van der Waals surface area contributed by atoms with Crippen molar-refractivity contribution in [2.45, 2.75) is 13.0 Å². The first-order valence-electron chi connectivity index (χ1n) is 5.80. The quantitative estimate of drug-likeness (QED) is 0.896. The van der Waals surface area contributed by atoms with Gasteiger partial charge in [-0.2, -0.15) is 0 Å². The predicted octanol–water partition coefficient (Wildman–Crippen LogP) is 2.57. The van der Waals surface area contributed by atoms with E-state index in [0.29, 0.717) is 0 Å². The second-order valence-corrected chi connectivity index (χ2v) is 4.17. The fraction of sp³-hybridized carbons (Fsp3) is 0.308. The van der Waals surface area contributed by atoms with Gasteiger partial charge in [-0.05, 0) is 24.3 Å². The molecule has 6 heteroatoms. The Morgan fingerprint density at radius 1 is 1.16 bits per heavy atom. The summed E-state index contributed by atoms with van der Waals surface area (Å²) in [4.78, 5) is 8.01. The summed E-state index contributed by atoms with van der Waals surface area (Å²) in [5.41, 5.74) is 3.50. The number of ether oxygens (including phenoxy) is 1. The molecule has 0 saturated heterocycles. The molecular weight excluding hydrogens is 285 g/mol. The summed E-state index contributed by atoms with van der Waals surface area (Å²) < 4.78 is 5.15. The van der Waals surface area contributed by atoms with Crippen LogP contribution in [0.15, 0.2) is 24.3 Å². The third-order valence-corrected chi connectivity index (χ3v) is 3.07. The van der Waals surface area contributed by atoms with Crippen molar-refractivity contribution >= 4 is 24.8 Å². The number of benzene rings is 1. The summed E-state index contributed by atoms with van der Waals surface area (Å²) in [6, 6.07) is 7.96. The van der Waals surface area contributed by atoms with Gasteiger partial charge >= 0.3 is 0 Å². The molecule has 0 fully saturated rings. The average Bonchev–Trinajstić information content (AvgIpc) is 2.82. The van der Waals surface area contributed by atoms with Crippen LogP contribution in [0.4, 0.5) is 0 Å². The third-order valence-electron chi connectivity index (χ3n) is 3.07. The highest BCUT2D eigenvalue weighted by Crippen LogP contribution is 2.22. The number of rotatable bonds is 2. The van der Waals surface area contributed by atoms with Crippen molar-refractivity contribution in [1.29, 1.82) is 0 Å². The lowest BCUT2D eigenvalue weighted by atomic mass is 10.2. The monoisotopic (exact) mass is 301 g/mol. The summed E-state index contributed by atoms with van der Waals surface area (Å²) >= 11 is 0. The maximum Gasteiger partial charge on any atom is 0.137 e. The molecule has 3 rings (SSSR count). The van der Waals surface area contributed by atoms with Crippen LogP contribution in [0.1, 0.15) is 11.4 Å². The molecule has 0 unspecified atom stereocenters. The molecule has 0 bridgehead atoms. The Labute approximate surface area is 124 Å². The van der Waals surface area contributed by atoms with Crippen LogP contribution >= 0.6 is 24.8 Å². The zero-order chi connectivity index (χ0) is 11.7. The largest absolute Gasteiger partial charge is 0.497 e. The fourth-order valence-corrected chi connectivity index (χ4v) is 2.10. The molecule has 0 aliphatic carbocycles. The summed E-state index contributed by atoms with van der Waals surface area (Å²) in [5, 5.41) is 3.33. The van der Waals surface area contributed by atoms with Crippen LogP contribution < -0.4 is 10.1 Å². The number of aromatic amines is 1. The number of hydrogen-bond acceptors (Lipinski definition) is 3. The molecule has 1 aromatic heterocycles. The SMILES string of the molecule is COc1ccc(-c2nc3c([nH]2)CNCC3)cc1.Cl.Cl. The topological polar surface area (TPSA) is 49.9 Å². The Balaban J connectivity index is 0.000000902. The summed E-state index contributed by atoms with van der Waals surface area (Å²) in [6.07, 6.45) is 1.00. The van der Waals surface area contributed by atoms with E-state index in [1.807, 2.05) is 24.3 Å². The number of nitrogens with one attached hydrogen (secondary N) is 2. The molecule has 1 aromatic carbocycles. The molecule has 2 aromatic rings. The van der Waals surface area contributed by atoms with Crippen LogP contribution in [0, 0.1) is 0 Å². The van der Waals surface area contributed by atoms with E-state index in [0.717, 1.165) is 36.6 Å². The lowest BCUT2D eigenvalue weighted by Gasteiger charge is -2.09. The van der Waals surface area contributed by atoms with Gasteiger partial charge in [0.2, 0.25) is 0 Å². The van der Waals surface area contributed by atoms with E-state index >= 15 is 0 Å². The zero-order valence-electron chi connectivity index (χ0n) is 10.6. The Morgan fingerprint density at radius 2 is 1.89 bits per heavy atom. The Bertz CT molecular complexity index is 502. The highest BCUT2D eigenvalue weighted by molar-refractivity contribution is 5.85. The minimum Gasteiger partial charge on any atom is -0.497 e. The zero-order valence-corrected chi connectivity index (χ0v) is 12.2. The van der Waals surface area contributed by atoms with Crippen LogP contribution in [-0.4, -0.2) is 23.6 Å². The first kappa shape index (κ1) is 15.8. The van der Waals surface area contributed by atoms with E-state index in [2.05, 4.69) is 15.3 Å². The second kappa shape index (κ2) is 6.80. The number of halogens is 2. The average molecular weight is 302 g/mol. The minimum absolute atomic E-state index is 0. The van der Waals surface area contributed by atoms with E-state index < -0.39 is 0 Å². The van der Waals surface area contributed by atoms with Crippen molar-refractivity contribution in [1.82, 2.24) is 15.3 Å². The number of fused-ring (bicyclic) bond motifs is 1. The van der Waals surface area contributed by atoms with Crippen molar-refractivity contribution in [3.8, 4) is 17.1 Å². The first-order chi connectivity index (χ1) is 8.36. The Hall–Kier alpha value is -1.23. The lowest BCUT2D eigenvalue weighted by molar-refractivity contribution is 0.415. The smallest absolute Gasteiger partial charge is 0.137 e. The molecule has 4 nitrogen and oxygen atoms in total. The van der Waals surface area contributed by atoms with Crippen molar-refractivity contribution in [2.75, 3.05) is 13.7 Å². The predicted molar refractivity (Wildman–Crippen MR) is 80.5 cm³/mol. The lowest BCUT2D eigenvalue weighted by Crippen LogP contribution is -2.23. The van der Waals surface area contributed by atoms with Crippen LogP contribution in [0.2, 0.25) is 0 Å². The highest BCUT2D eigenvalue weighted by atomic mass is 35.5. The van der Waals surface area contributed by atoms with E-state index in [1.54, 1.807) is 7.11 Å². The van der Waals surface area contributed by atoms with Gasteiger partial charge in [-0.3, -0.25) is 0 Å². The Morgan fingerprint density at radius 3 is 2.53 bits per heavy atom. The first-order valence-corrected chi connectivity index (χ1v) is 5.80. The van der Waals surface area contributed by atoms with Crippen LogP contribution in [-0.2, 0) is 13.0 Å². The van der Waals surface area contributed by atoms with Gasteiger partial charge in [-0.15, -0.1) is 24.8 Å². The maximum atomic E-state index is 5.15. The third kappa shape index (κ3) is 3.21. The molecular formula is C13H17Cl2N3O. The number of nitrogens with zero attached hydrogens (tertiary/aromatic N) is 1. The number of methoxy groups -OCH3 is 1. The van der Waals surface area contributed by atoms with E-state index in [4.69, 9.17) is 4.74 Å². The number of aromatic nitrogens is 2. The minimum atomic E-state index is 0. The summed E-state index contributed by atoms with van der Waals surface area (Å²) in [6.45, 7) is 1.90. The van der Waals surface area contributed by atoms with Crippen LogP contribution in [0.5, 0.6) is 5.75 Å². The number of imidazole rings is 1. The molecule has 0 amide bonds. The summed E-state index contributed by atoms with van der Waals surface area (Å²) in [7, 11) is 1.67. The van der Waals surface area contributed by atoms with Gasteiger partial charge in [0.1, 0.15) is 11.6 Å². The second-order valence-electron chi connectivity index (χ2n) is 4.17. The van der Waals surface area contributed by atoms with Crippen LogP contribution in [0.3, 0.4) is 0 Å². The van der Waals surface area contributed by atoms with Gasteiger partial charge in [0.15, 0.2) is 0 Å². The fourth-order valence-electron chi connectivity index (χ4n) is 2.10. The highest BCUT2D eigenvalue weighted by Gasteiger charge is 2.14. The molecule has 19 heavy (non-hydrogen) atoms. The van der Waals surface area contributed by atoms with Crippen molar-refractivity contribution < 1.29 is 4.74 Å². The van der Waals surface area contributed by atoms with E-state index in [9.17, 15) is 0 Å². The number of hydrogen-bond donors (Lipinski definition) is 2. The summed E-state index contributed by atoms with van der Waals surface area (Å²) in [5.74, 6) is 1.81. The Kier molecular flexibility index (Phi) is 5.66. The molecule has 104 valence electrons. The van der Waals surface area contributed by atoms with Crippen molar-refractivity contribution in [3.05, 3.63) is 35.7 Å². The van der Waals surface area contributed by atoms with Crippen molar-refractivity contribution in [2.24, 2.45) is 0 Å².